The Morgan fingerprint density at radius 3 is 2.43 bits per heavy atom. The third-order valence-corrected chi connectivity index (χ3v) is 3.46. The van der Waals surface area contributed by atoms with Gasteiger partial charge in [0.05, 0.1) is 6.54 Å². The van der Waals surface area contributed by atoms with E-state index in [-0.39, 0.29) is 11.6 Å². The summed E-state index contributed by atoms with van der Waals surface area (Å²) in [5.74, 6) is -0.138. The second-order valence-electron chi connectivity index (χ2n) is 5.44. The van der Waals surface area contributed by atoms with Crippen LogP contribution >= 0.6 is 0 Å². The van der Waals surface area contributed by atoms with Crippen LogP contribution in [0.4, 0.5) is 4.39 Å². The van der Waals surface area contributed by atoms with Crippen molar-refractivity contribution in [1.29, 1.82) is 0 Å². The predicted molar refractivity (Wildman–Crippen MR) is 82.6 cm³/mol. The number of nitrogens with zero attached hydrogens (tertiary/aromatic N) is 1. The van der Waals surface area contributed by atoms with Gasteiger partial charge in [0.15, 0.2) is 5.78 Å². The zero-order chi connectivity index (χ0) is 15.2. The summed E-state index contributed by atoms with van der Waals surface area (Å²) in [6, 6.07) is 14.3. The highest BCUT2D eigenvalue weighted by Crippen LogP contribution is 2.10. The van der Waals surface area contributed by atoms with E-state index in [1.54, 1.807) is 12.1 Å². The molecule has 110 valence electrons. The number of hydrogen-bond donors (Lipinski definition) is 0. The number of carbonyl (C=O) groups excluding carboxylic acids is 1. The molecule has 2 aromatic carbocycles. The van der Waals surface area contributed by atoms with Crippen molar-refractivity contribution in [3.05, 3.63) is 71.0 Å². The summed E-state index contributed by atoms with van der Waals surface area (Å²) in [5, 5.41) is 0. The number of ketones is 1. The second-order valence-corrected chi connectivity index (χ2v) is 5.44. The topological polar surface area (TPSA) is 20.3 Å². The fourth-order valence-electron chi connectivity index (χ4n) is 2.32. The SMILES string of the molecule is Cc1ccccc1CN(C)CC(=O)Cc1ccc(F)cc1. The van der Waals surface area contributed by atoms with Gasteiger partial charge in [-0.1, -0.05) is 36.4 Å². The lowest BCUT2D eigenvalue weighted by molar-refractivity contribution is -0.119. The number of carbonyl (C=O) groups is 1. The monoisotopic (exact) mass is 285 g/mol. The third kappa shape index (κ3) is 4.80. The van der Waals surface area contributed by atoms with Crippen molar-refractivity contribution in [2.75, 3.05) is 13.6 Å². The highest BCUT2D eigenvalue weighted by Gasteiger charge is 2.09. The number of Topliss-reactive ketones (excluding diaryl/α,β-unsaturated/α-hetero) is 1. The van der Waals surface area contributed by atoms with Gasteiger partial charge in [-0.15, -0.1) is 0 Å². The first-order chi connectivity index (χ1) is 10.0. The molecule has 2 rings (SSSR count). The number of rotatable bonds is 6. The van der Waals surface area contributed by atoms with Gasteiger partial charge in [-0.2, -0.15) is 0 Å². The van der Waals surface area contributed by atoms with Gasteiger partial charge >= 0.3 is 0 Å². The van der Waals surface area contributed by atoms with Crippen LogP contribution in [-0.2, 0) is 17.8 Å². The van der Waals surface area contributed by atoms with Gasteiger partial charge in [-0.3, -0.25) is 9.69 Å². The number of likely N-dealkylation sites (N-methyl/N-ethyl adjacent to an activating group) is 1. The van der Waals surface area contributed by atoms with Crippen LogP contribution in [0.25, 0.3) is 0 Å². The molecule has 21 heavy (non-hydrogen) atoms. The van der Waals surface area contributed by atoms with Gasteiger partial charge in [0.25, 0.3) is 0 Å². The molecule has 0 heterocycles. The Morgan fingerprint density at radius 1 is 1.10 bits per heavy atom. The Kier molecular flexibility index (Phi) is 5.23. The molecule has 0 unspecified atom stereocenters. The van der Waals surface area contributed by atoms with Crippen LogP contribution in [-0.4, -0.2) is 24.3 Å². The Morgan fingerprint density at radius 2 is 1.76 bits per heavy atom. The molecule has 2 nitrogen and oxygen atoms in total. The van der Waals surface area contributed by atoms with Crippen LogP contribution in [0.15, 0.2) is 48.5 Å². The zero-order valence-corrected chi connectivity index (χ0v) is 12.5. The van der Waals surface area contributed by atoms with E-state index in [1.807, 2.05) is 24.1 Å². The molecule has 2 aromatic rings. The van der Waals surface area contributed by atoms with E-state index in [2.05, 4.69) is 19.1 Å². The van der Waals surface area contributed by atoms with Crippen LogP contribution in [0.2, 0.25) is 0 Å². The first kappa shape index (κ1) is 15.4. The van der Waals surface area contributed by atoms with Gasteiger partial charge in [0.1, 0.15) is 5.82 Å². The number of halogens is 1. The standard InChI is InChI=1S/C18H20FNO/c1-14-5-3-4-6-16(14)12-20(2)13-18(21)11-15-7-9-17(19)10-8-15/h3-10H,11-13H2,1-2H3. The fraction of sp³-hybridized carbons (Fsp3) is 0.278. The maximum Gasteiger partial charge on any atom is 0.151 e. The Bertz CT molecular complexity index is 607. The number of benzene rings is 2. The van der Waals surface area contributed by atoms with Crippen molar-refractivity contribution in [3.63, 3.8) is 0 Å². The minimum Gasteiger partial charge on any atom is -0.298 e. The number of aryl methyl sites for hydroxylation is 1. The van der Waals surface area contributed by atoms with E-state index in [0.29, 0.717) is 13.0 Å². The summed E-state index contributed by atoms with van der Waals surface area (Å²) in [6.45, 7) is 3.22. The van der Waals surface area contributed by atoms with Crippen molar-refractivity contribution in [2.45, 2.75) is 19.9 Å². The van der Waals surface area contributed by atoms with Gasteiger partial charge in [-0.25, -0.2) is 4.39 Å². The highest BCUT2D eigenvalue weighted by atomic mass is 19.1. The van der Waals surface area contributed by atoms with E-state index in [1.165, 1.54) is 23.3 Å². The maximum atomic E-state index is 12.8. The Hall–Kier alpha value is -2.00. The van der Waals surface area contributed by atoms with Crippen molar-refractivity contribution >= 4 is 5.78 Å². The van der Waals surface area contributed by atoms with Crippen molar-refractivity contribution in [3.8, 4) is 0 Å². The summed E-state index contributed by atoms with van der Waals surface area (Å²) in [6.07, 6.45) is 0.346. The zero-order valence-electron chi connectivity index (χ0n) is 12.5. The summed E-state index contributed by atoms with van der Waals surface area (Å²) in [4.78, 5) is 14.1. The summed E-state index contributed by atoms with van der Waals surface area (Å²) >= 11 is 0. The van der Waals surface area contributed by atoms with Crippen LogP contribution in [0, 0.1) is 12.7 Å². The van der Waals surface area contributed by atoms with Crippen LogP contribution in [0.5, 0.6) is 0 Å². The van der Waals surface area contributed by atoms with Gasteiger partial charge in [0, 0.05) is 13.0 Å². The molecule has 0 N–H and O–H groups in total. The Labute approximate surface area is 125 Å². The fourth-order valence-corrected chi connectivity index (χ4v) is 2.32. The largest absolute Gasteiger partial charge is 0.298 e. The van der Waals surface area contributed by atoms with Gasteiger partial charge < -0.3 is 0 Å². The maximum absolute atomic E-state index is 12.8. The van der Waals surface area contributed by atoms with Gasteiger partial charge in [-0.05, 0) is 42.8 Å². The third-order valence-electron chi connectivity index (χ3n) is 3.46. The molecule has 0 atom stereocenters. The molecule has 0 amide bonds. The lowest BCUT2D eigenvalue weighted by Crippen LogP contribution is -2.26. The van der Waals surface area contributed by atoms with Crippen LogP contribution in [0.1, 0.15) is 16.7 Å². The highest BCUT2D eigenvalue weighted by molar-refractivity contribution is 5.82. The average molecular weight is 285 g/mol. The summed E-state index contributed by atoms with van der Waals surface area (Å²) in [7, 11) is 1.94. The minimum atomic E-state index is -0.275. The van der Waals surface area contributed by atoms with Crippen molar-refractivity contribution in [1.82, 2.24) is 4.90 Å². The summed E-state index contributed by atoms with van der Waals surface area (Å²) < 4.78 is 12.8. The normalized spacial score (nSPS) is 10.9. The molecule has 0 saturated carbocycles. The lowest BCUT2D eigenvalue weighted by Gasteiger charge is -2.17. The summed E-state index contributed by atoms with van der Waals surface area (Å²) in [5.41, 5.74) is 3.32. The lowest BCUT2D eigenvalue weighted by atomic mass is 10.1. The molecule has 0 aliphatic carbocycles. The Balaban J connectivity index is 1.87. The average Bonchev–Trinajstić information content (AvgIpc) is 2.44. The molecule has 0 aromatic heterocycles. The molecular weight excluding hydrogens is 265 g/mol. The van der Waals surface area contributed by atoms with Gasteiger partial charge in [0.2, 0.25) is 0 Å². The molecule has 0 aliphatic rings. The molecule has 0 spiro atoms. The van der Waals surface area contributed by atoms with Crippen molar-refractivity contribution < 1.29 is 9.18 Å². The van der Waals surface area contributed by atoms with Crippen LogP contribution < -0.4 is 0 Å². The van der Waals surface area contributed by atoms with E-state index >= 15 is 0 Å². The van der Waals surface area contributed by atoms with E-state index < -0.39 is 0 Å². The molecule has 0 saturated heterocycles. The first-order valence-electron chi connectivity index (χ1n) is 7.04. The number of hydrogen-bond acceptors (Lipinski definition) is 2. The first-order valence-corrected chi connectivity index (χ1v) is 7.04. The molecular formula is C18H20FNO. The van der Waals surface area contributed by atoms with E-state index in [0.717, 1.165) is 12.1 Å². The van der Waals surface area contributed by atoms with E-state index in [4.69, 9.17) is 0 Å². The molecule has 0 bridgehead atoms. The molecule has 0 radical (unpaired) electrons. The quantitative estimate of drug-likeness (QED) is 0.811. The predicted octanol–water partition coefficient (Wildman–Crippen LogP) is 3.38. The minimum absolute atomic E-state index is 0.137. The smallest absolute Gasteiger partial charge is 0.151 e. The van der Waals surface area contributed by atoms with E-state index in [9.17, 15) is 9.18 Å². The molecule has 0 aliphatic heterocycles. The van der Waals surface area contributed by atoms with Crippen molar-refractivity contribution in [2.24, 2.45) is 0 Å². The molecule has 3 heteroatoms. The van der Waals surface area contributed by atoms with Crippen LogP contribution in [0.3, 0.4) is 0 Å². The second kappa shape index (κ2) is 7.14. The molecule has 0 fully saturated rings.